The third kappa shape index (κ3) is 5.20. The van der Waals surface area contributed by atoms with E-state index in [1.807, 2.05) is 31.2 Å². The van der Waals surface area contributed by atoms with Gasteiger partial charge in [0.25, 0.3) is 0 Å². The molecule has 3 heterocycles. The number of aromatic nitrogens is 2. The van der Waals surface area contributed by atoms with Crippen LogP contribution in [0.25, 0.3) is 12.2 Å². The molecule has 1 aliphatic rings. The fourth-order valence-corrected chi connectivity index (χ4v) is 5.54. The predicted molar refractivity (Wildman–Crippen MR) is 126 cm³/mol. The Bertz CT molecular complexity index is 1240. The molecule has 8 nitrogen and oxygen atoms in total. The van der Waals surface area contributed by atoms with Gasteiger partial charge in [-0.3, -0.25) is 9.78 Å². The van der Waals surface area contributed by atoms with Gasteiger partial charge in [0.15, 0.2) is 10.7 Å². The second-order valence-electron chi connectivity index (χ2n) is 8.11. The van der Waals surface area contributed by atoms with Crippen LogP contribution < -0.4 is 5.32 Å². The summed E-state index contributed by atoms with van der Waals surface area (Å²) in [5.41, 5.74) is 3.01. The highest BCUT2D eigenvalue weighted by atomic mass is 32.2. The molecule has 1 aliphatic heterocycles. The molecule has 2 aromatic heterocycles. The lowest BCUT2D eigenvalue weighted by atomic mass is 9.97. The zero-order valence-corrected chi connectivity index (χ0v) is 19.4. The number of hydrogen-bond donors (Lipinski definition) is 1. The van der Waals surface area contributed by atoms with Crippen molar-refractivity contribution in [3.05, 3.63) is 71.4 Å². The van der Waals surface area contributed by atoms with Gasteiger partial charge in [-0.1, -0.05) is 41.1 Å². The molecule has 9 heteroatoms. The van der Waals surface area contributed by atoms with Crippen molar-refractivity contribution in [1.82, 2.24) is 14.4 Å². The summed E-state index contributed by atoms with van der Waals surface area (Å²) in [5.74, 6) is -0.187. The van der Waals surface area contributed by atoms with Gasteiger partial charge in [-0.05, 0) is 50.5 Å². The van der Waals surface area contributed by atoms with Crippen LogP contribution >= 0.6 is 0 Å². The summed E-state index contributed by atoms with van der Waals surface area (Å²) < 4.78 is 33.5. The smallest absolute Gasteiger partial charge is 0.248 e. The molecule has 33 heavy (non-hydrogen) atoms. The van der Waals surface area contributed by atoms with Crippen LogP contribution in [-0.2, 0) is 14.8 Å². The van der Waals surface area contributed by atoms with E-state index in [4.69, 9.17) is 4.52 Å². The van der Waals surface area contributed by atoms with Gasteiger partial charge in [0, 0.05) is 25.2 Å². The summed E-state index contributed by atoms with van der Waals surface area (Å²) in [6.45, 7) is 4.12. The molecule has 0 radical (unpaired) electrons. The number of amides is 1. The Labute approximate surface area is 193 Å². The first-order valence-corrected chi connectivity index (χ1v) is 12.2. The van der Waals surface area contributed by atoms with Crippen LogP contribution in [0.1, 0.15) is 35.4 Å². The number of piperidine rings is 1. The second-order valence-corrected chi connectivity index (χ2v) is 9.99. The van der Waals surface area contributed by atoms with Gasteiger partial charge < -0.3 is 9.84 Å². The van der Waals surface area contributed by atoms with E-state index < -0.39 is 10.0 Å². The molecule has 3 aromatic rings. The minimum Gasteiger partial charge on any atom is -0.355 e. The summed E-state index contributed by atoms with van der Waals surface area (Å²) in [7, 11) is -3.82. The predicted octanol–water partition coefficient (Wildman–Crippen LogP) is 3.90. The largest absolute Gasteiger partial charge is 0.355 e. The van der Waals surface area contributed by atoms with Crippen molar-refractivity contribution in [2.75, 3.05) is 18.4 Å². The molecule has 0 saturated carbocycles. The fourth-order valence-electron chi connectivity index (χ4n) is 3.82. The number of sulfonamides is 1. The van der Waals surface area contributed by atoms with Gasteiger partial charge in [-0.2, -0.15) is 4.31 Å². The molecular weight excluding hydrogens is 440 g/mol. The maximum Gasteiger partial charge on any atom is 0.248 e. The second kappa shape index (κ2) is 9.68. The van der Waals surface area contributed by atoms with Gasteiger partial charge in [0.2, 0.25) is 15.9 Å². The number of pyridine rings is 1. The third-order valence-electron chi connectivity index (χ3n) is 5.69. The Morgan fingerprint density at radius 2 is 1.85 bits per heavy atom. The number of rotatable bonds is 6. The standard InChI is InChI=1S/C24H26N4O4S/c1-17-5-7-19(8-6-17)9-10-22-23(18(2)27-32-22)33(30,31)28-14-11-20(12-15-28)24(29)26-21-4-3-13-25-16-21/h3-10,13,16,20H,11-12,14-15H2,1-2H3,(H,26,29). The van der Waals surface area contributed by atoms with E-state index in [0.717, 1.165) is 11.1 Å². The Kier molecular flexibility index (Phi) is 6.71. The number of aryl methyl sites for hydroxylation is 2. The van der Waals surface area contributed by atoms with Crippen molar-refractivity contribution in [2.24, 2.45) is 5.92 Å². The van der Waals surface area contributed by atoms with Crippen molar-refractivity contribution in [3.8, 4) is 0 Å². The minimum absolute atomic E-state index is 0.0733. The molecule has 0 atom stereocenters. The van der Waals surface area contributed by atoms with E-state index in [2.05, 4.69) is 15.5 Å². The number of carbonyl (C=O) groups is 1. The van der Waals surface area contributed by atoms with Gasteiger partial charge in [-0.25, -0.2) is 8.42 Å². The highest BCUT2D eigenvalue weighted by Crippen LogP contribution is 2.29. The lowest BCUT2D eigenvalue weighted by Gasteiger charge is -2.30. The first kappa shape index (κ1) is 22.9. The van der Waals surface area contributed by atoms with Crippen molar-refractivity contribution in [1.29, 1.82) is 0 Å². The van der Waals surface area contributed by atoms with E-state index in [9.17, 15) is 13.2 Å². The Morgan fingerprint density at radius 3 is 2.52 bits per heavy atom. The normalized spacial score (nSPS) is 15.7. The molecule has 1 aromatic carbocycles. The first-order chi connectivity index (χ1) is 15.8. The summed E-state index contributed by atoms with van der Waals surface area (Å²) in [6, 6.07) is 11.4. The lowest BCUT2D eigenvalue weighted by molar-refractivity contribution is -0.120. The Morgan fingerprint density at radius 1 is 1.12 bits per heavy atom. The number of hydrogen-bond acceptors (Lipinski definition) is 6. The molecule has 0 bridgehead atoms. The molecule has 4 rings (SSSR count). The van der Waals surface area contributed by atoms with Crippen LogP contribution in [-0.4, -0.2) is 41.9 Å². The van der Waals surface area contributed by atoms with Gasteiger partial charge >= 0.3 is 0 Å². The summed E-state index contributed by atoms with van der Waals surface area (Å²) >= 11 is 0. The van der Waals surface area contributed by atoms with E-state index in [1.54, 1.807) is 43.6 Å². The van der Waals surface area contributed by atoms with Crippen LogP contribution in [0, 0.1) is 19.8 Å². The lowest BCUT2D eigenvalue weighted by Crippen LogP contribution is -2.41. The number of benzene rings is 1. The maximum absolute atomic E-state index is 13.4. The van der Waals surface area contributed by atoms with Crippen molar-refractivity contribution < 1.29 is 17.7 Å². The van der Waals surface area contributed by atoms with Crippen LogP contribution in [0.15, 0.2) is 58.2 Å². The summed E-state index contributed by atoms with van der Waals surface area (Å²) in [6.07, 6.45) is 7.52. The van der Waals surface area contributed by atoms with Crippen molar-refractivity contribution >= 4 is 33.8 Å². The van der Waals surface area contributed by atoms with Gasteiger partial charge in [0.1, 0.15) is 5.69 Å². The van der Waals surface area contributed by atoms with E-state index in [-0.39, 0.29) is 35.6 Å². The minimum atomic E-state index is -3.82. The molecule has 1 saturated heterocycles. The first-order valence-electron chi connectivity index (χ1n) is 10.8. The molecule has 172 valence electrons. The summed E-state index contributed by atoms with van der Waals surface area (Å²) in [5, 5.41) is 6.74. The number of carbonyl (C=O) groups excluding carboxylic acids is 1. The highest BCUT2D eigenvalue weighted by Gasteiger charge is 2.35. The zero-order valence-electron chi connectivity index (χ0n) is 18.6. The molecule has 1 N–H and O–H groups in total. The zero-order chi connectivity index (χ0) is 23.4. The topological polar surface area (TPSA) is 105 Å². The van der Waals surface area contributed by atoms with E-state index in [0.29, 0.717) is 24.2 Å². The van der Waals surface area contributed by atoms with Crippen molar-refractivity contribution in [3.63, 3.8) is 0 Å². The number of nitrogens with one attached hydrogen (secondary N) is 1. The van der Waals surface area contributed by atoms with E-state index in [1.165, 1.54) is 4.31 Å². The Hall–Kier alpha value is -3.30. The fraction of sp³-hybridized carbons (Fsp3) is 0.292. The molecule has 1 fully saturated rings. The molecule has 0 spiro atoms. The molecular formula is C24H26N4O4S. The molecule has 1 amide bonds. The maximum atomic E-state index is 13.4. The SMILES string of the molecule is Cc1ccc(C=Cc2onc(C)c2S(=O)(=O)N2CCC(C(=O)Nc3cccnc3)CC2)cc1. The van der Waals surface area contributed by atoms with Crippen LogP contribution in [0.2, 0.25) is 0 Å². The average Bonchev–Trinajstić information content (AvgIpc) is 3.20. The molecule has 0 unspecified atom stereocenters. The Balaban J connectivity index is 1.45. The summed E-state index contributed by atoms with van der Waals surface area (Å²) in [4.78, 5) is 16.6. The quantitative estimate of drug-likeness (QED) is 0.591. The van der Waals surface area contributed by atoms with Crippen LogP contribution in [0.5, 0.6) is 0 Å². The number of anilines is 1. The third-order valence-corrected chi connectivity index (χ3v) is 7.75. The highest BCUT2D eigenvalue weighted by molar-refractivity contribution is 7.89. The van der Waals surface area contributed by atoms with Crippen molar-refractivity contribution in [2.45, 2.75) is 31.6 Å². The van der Waals surface area contributed by atoms with Gasteiger partial charge in [-0.15, -0.1) is 0 Å². The van der Waals surface area contributed by atoms with E-state index >= 15 is 0 Å². The number of nitrogens with zero attached hydrogens (tertiary/aromatic N) is 3. The van der Waals surface area contributed by atoms with Crippen LogP contribution in [0.4, 0.5) is 5.69 Å². The van der Waals surface area contributed by atoms with Gasteiger partial charge in [0.05, 0.1) is 11.9 Å². The molecule has 0 aliphatic carbocycles. The monoisotopic (exact) mass is 466 g/mol. The van der Waals surface area contributed by atoms with Crippen LogP contribution in [0.3, 0.4) is 0 Å². The average molecular weight is 467 g/mol.